The third kappa shape index (κ3) is 4.69. The number of anilines is 1. The molecule has 5 rings (SSSR count). The molecule has 4 aromatic heterocycles. The molecule has 1 N–H and O–H groups in total. The summed E-state index contributed by atoms with van der Waals surface area (Å²) < 4.78 is 47.9. The Kier molecular flexibility index (Phi) is 5.81. The van der Waals surface area contributed by atoms with E-state index >= 15 is 0 Å². The highest BCUT2D eigenvalue weighted by Gasteiger charge is 2.51. The van der Waals surface area contributed by atoms with E-state index in [1.54, 1.807) is 39.9 Å². The second-order valence-corrected chi connectivity index (χ2v) is 9.18. The molecule has 5 aromatic rings. The van der Waals surface area contributed by atoms with Crippen LogP contribution >= 0.6 is 0 Å². The molecule has 0 atom stereocenters. The van der Waals surface area contributed by atoms with Gasteiger partial charge in [-0.1, -0.05) is 29.4 Å². The van der Waals surface area contributed by atoms with Gasteiger partial charge in [-0.05, 0) is 25.0 Å². The topological polar surface area (TPSA) is 103 Å². The van der Waals surface area contributed by atoms with Crippen LogP contribution in [0.25, 0.3) is 27.9 Å². The molecule has 37 heavy (non-hydrogen) atoms. The van der Waals surface area contributed by atoms with Crippen molar-refractivity contribution in [2.45, 2.75) is 31.9 Å². The molecule has 12 heteroatoms. The van der Waals surface area contributed by atoms with Gasteiger partial charge in [0.1, 0.15) is 5.41 Å². The maximum Gasteiger partial charge on any atom is 0.401 e. The largest absolute Gasteiger partial charge is 0.401 e. The van der Waals surface area contributed by atoms with Crippen molar-refractivity contribution in [3.05, 3.63) is 72.6 Å². The Bertz CT molecular complexity index is 1580. The van der Waals surface area contributed by atoms with Gasteiger partial charge in [0.2, 0.25) is 5.91 Å². The third-order valence-electron chi connectivity index (χ3n) is 6.14. The number of nitrogens with one attached hydrogen (secondary N) is 1. The molecule has 0 spiro atoms. The number of aryl methyl sites for hydroxylation is 1. The SMILES string of the molecule is Cn1cc(-c2cn3ncc(-c4ccc(CC(=O)Nc5cc(C(C)(C)C(F)(F)F)on5)cc4)c3cn2)cn1. The second-order valence-electron chi connectivity index (χ2n) is 9.18. The number of benzene rings is 1. The fraction of sp³-hybridized carbons (Fsp3) is 0.240. The van der Waals surface area contributed by atoms with E-state index in [-0.39, 0.29) is 18.0 Å². The maximum atomic E-state index is 13.2. The zero-order chi connectivity index (χ0) is 26.4. The second kappa shape index (κ2) is 8.87. The number of carbonyl (C=O) groups excluding carboxylic acids is 1. The molecule has 0 aliphatic carbocycles. The number of fused-ring (bicyclic) bond motifs is 1. The first kappa shape index (κ1) is 24.2. The molecule has 0 saturated heterocycles. The highest BCUT2D eigenvalue weighted by atomic mass is 19.4. The number of rotatable bonds is 6. The number of hydrogen-bond acceptors (Lipinski definition) is 6. The van der Waals surface area contributed by atoms with E-state index in [0.717, 1.165) is 47.8 Å². The fourth-order valence-corrected chi connectivity index (χ4v) is 3.75. The molecule has 0 fully saturated rings. The standard InChI is InChI=1S/C25H22F3N7O2/c1-24(2,25(26,27)28)21-9-22(33-37-21)32-23(36)8-15-4-6-16(7-5-15)18-11-31-35-14-19(29-12-20(18)35)17-10-30-34(3)13-17/h4-7,9-14H,8H2,1-3H3,(H,32,33,36). The fourth-order valence-electron chi connectivity index (χ4n) is 3.75. The van der Waals surface area contributed by atoms with Gasteiger partial charge < -0.3 is 9.84 Å². The molecule has 0 unspecified atom stereocenters. The van der Waals surface area contributed by atoms with Crippen molar-refractivity contribution in [1.82, 2.24) is 29.5 Å². The summed E-state index contributed by atoms with van der Waals surface area (Å²) in [5.41, 5.74) is 2.71. The Morgan fingerprint density at radius 1 is 1.03 bits per heavy atom. The summed E-state index contributed by atoms with van der Waals surface area (Å²) >= 11 is 0. The van der Waals surface area contributed by atoms with E-state index in [1.807, 2.05) is 31.6 Å². The van der Waals surface area contributed by atoms with E-state index in [4.69, 9.17) is 4.52 Å². The van der Waals surface area contributed by atoms with Crippen molar-refractivity contribution in [2.75, 3.05) is 5.32 Å². The molecule has 0 aliphatic heterocycles. The van der Waals surface area contributed by atoms with Crippen molar-refractivity contribution in [3.8, 4) is 22.4 Å². The van der Waals surface area contributed by atoms with Crippen molar-refractivity contribution in [3.63, 3.8) is 0 Å². The average molecular weight is 509 g/mol. The van der Waals surface area contributed by atoms with Gasteiger partial charge in [0, 0.05) is 30.4 Å². The minimum atomic E-state index is -4.52. The lowest BCUT2D eigenvalue weighted by molar-refractivity contribution is -0.185. The molecule has 9 nitrogen and oxygen atoms in total. The van der Waals surface area contributed by atoms with Crippen molar-refractivity contribution in [2.24, 2.45) is 7.05 Å². The molecular weight excluding hydrogens is 487 g/mol. The van der Waals surface area contributed by atoms with Crippen molar-refractivity contribution < 1.29 is 22.5 Å². The van der Waals surface area contributed by atoms with Crippen LogP contribution in [0.1, 0.15) is 25.2 Å². The Balaban J connectivity index is 1.27. The summed E-state index contributed by atoms with van der Waals surface area (Å²) in [6, 6.07) is 8.44. The quantitative estimate of drug-likeness (QED) is 0.353. The van der Waals surface area contributed by atoms with Gasteiger partial charge in [0.05, 0.1) is 42.4 Å². The summed E-state index contributed by atoms with van der Waals surface area (Å²) in [5.74, 6) is -0.880. The monoisotopic (exact) mass is 509 g/mol. The van der Waals surface area contributed by atoms with Crippen molar-refractivity contribution >= 4 is 17.2 Å². The van der Waals surface area contributed by atoms with Crippen LogP contribution in [0, 0.1) is 0 Å². The summed E-state index contributed by atoms with van der Waals surface area (Å²) in [7, 11) is 1.84. The number of amides is 1. The van der Waals surface area contributed by atoms with Gasteiger partial charge in [-0.3, -0.25) is 14.5 Å². The van der Waals surface area contributed by atoms with Crippen LogP contribution in [0.3, 0.4) is 0 Å². The molecule has 0 bridgehead atoms. The number of hydrogen-bond donors (Lipinski definition) is 1. The minimum Gasteiger partial charge on any atom is -0.358 e. The zero-order valence-corrected chi connectivity index (χ0v) is 20.1. The number of nitrogens with zero attached hydrogens (tertiary/aromatic N) is 6. The summed E-state index contributed by atoms with van der Waals surface area (Å²) in [5, 5.41) is 14.6. The Hall–Kier alpha value is -4.48. The molecular formula is C25H22F3N7O2. The van der Waals surface area contributed by atoms with Gasteiger partial charge in [-0.25, -0.2) is 4.52 Å². The highest BCUT2D eigenvalue weighted by molar-refractivity contribution is 5.91. The van der Waals surface area contributed by atoms with Crippen LogP contribution in [0.15, 0.2) is 65.8 Å². The first-order valence-corrected chi connectivity index (χ1v) is 11.3. The summed E-state index contributed by atoms with van der Waals surface area (Å²) in [6.07, 6.45) is 4.43. The van der Waals surface area contributed by atoms with Crippen LogP contribution in [0.2, 0.25) is 0 Å². The summed E-state index contributed by atoms with van der Waals surface area (Å²) in [6.45, 7) is 1.97. The molecule has 1 amide bonds. The molecule has 4 heterocycles. The summed E-state index contributed by atoms with van der Waals surface area (Å²) in [4.78, 5) is 17.0. The van der Waals surface area contributed by atoms with Gasteiger partial charge in [-0.2, -0.15) is 23.4 Å². The molecule has 190 valence electrons. The lowest BCUT2D eigenvalue weighted by atomic mass is 9.89. The predicted molar refractivity (Wildman–Crippen MR) is 129 cm³/mol. The molecule has 1 aromatic carbocycles. The van der Waals surface area contributed by atoms with Gasteiger partial charge >= 0.3 is 6.18 Å². The van der Waals surface area contributed by atoms with Crippen LogP contribution in [-0.4, -0.2) is 41.6 Å². The Morgan fingerprint density at radius 3 is 2.46 bits per heavy atom. The van der Waals surface area contributed by atoms with Crippen molar-refractivity contribution in [1.29, 1.82) is 0 Å². The highest BCUT2D eigenvalue weighted by Crippen LogP contribution is 2.41. The lowest BCUT2D eigenvalue weighted by Gasteiger charge is -2.24. The number of aromatic nitrogens is 6. The molecule has 0 saturated carbocycles. The zero-order valence-electron chi connectivity index (χ0n) is 20.1. The average Bonchev–Trinajstić information content (AvgIpc) is 3.58. The van der Waals surface area contributed by atoms with Gasteiger partial charge in [0.15, 0.2) is 11.6 Å². The number of alkyl halides is 3. The molecule has 0 radical (unpaired) electrons. The van der Waals surface area contributed by atoms with E-state index in [2.05, 4.69) is 25.7 Å². The van der Waals surface area contributed by atoms with Crippen LogP contribution in [0.4, 0.5) is 19.0 Å². The van der Waals surface area contributed by atoms with E-state index in [0.29, 0.717) is 5.56 Å². The predicted octanol–water partition coefficient (Wildman–Crippen LogP) is 4.81. The smallest absolute Gasteiger partial charge is 0.358 e. The lowest BCUT2D eigenvalue weighted by Crippen LogP contribution is -2.35. The van der Waals surface area contributed by atoms with Gasteiger partial charge in [-0.15, -0.1) is 0 Å². The maximum absolute atomic E-state index is 13.2. The third-order valence-corrected chi connectivity index (χ3v) is 6.14. The molecule has 0 aliphatic rings. The number of halogens is 3. The normalized spacial score (nSPS) is 12.3. The first-order valence-electron chi connectivity index (χ1n) is 11.3. The first-order chi connectivity index (χ1) is 17.5. The van der Waals surface area contributed by atoms with E-state index in [9.17, 15) is 18.0 Å². The van der Waals surface area contributed by atoms with Crippen LogP contribution in [-0.2, 0) is 23.7 Å². The van der Waals surface area contributed by atoms with E-state index in [1.165, 1.54) is 0 Å². The minimum absolute atomic E-state index is 0.00984. The van der Waals surface area contributed by atoms with Crippen LogP contribution < -0.4 is 5.32 Å². The number of carbonyl (C=O) groups is 1. The Labute approximate surface area is 208 Å². The Morgan fingerprint density at radius 2 is 1.78 bits per heavy atom. The van der Waals surface area contributed by atoms with Crippen LogP contribution in [0.5, 0.6) is 0 Å². The van der Waals surface area contributed by atoms with E-state index < -0.39 is 17.5 Å². The van der Waals surface area contributed by atoms with Gasteiger partial charge in [0.25, 0.3) is 0 Å².